The third-order valence-electron chi connectivity index (χ3n) is 4.60. The van der Waals surface area contributed by atoms with Crippen molar-refractivity contribution in [3.05, 3.63) is 40.5 Å². The summed E-state index contributed by atoms with van der Waals surface area (Å²) in [6, 6.07) is 4.32. The Balaban J connectivity index is 2.53. The van der Waals surface area contributed by atoms with Crippen LogP contribution in [0.3, 0.4) is 0 Å². The maximum Gasteiger partial charge on any atom is 0.339 e. The molecule has 0 spiro atoms. The van der Waals surface area contributed by atoms with Gasteiger partial charge in [0.2, 0.25) is 0 Å². The lowest BCUT2D eigenvalue weighted by Crippen LogP contribution is -2.23. The van der Waals surface area contributed by atoms with Crippen molar-refractivity contribution >= 4 is 5.97 Å². The molecule has 1 aliphatic rings. The smallest absolute Gasteiger partial charge is 0.339 e. The minimum atomic E-state index is -0.172. The highest BCUT2D eigenvalue weighted by molar-refractivity contribution is 5.90. The lowest BCUT2D eigenvalue weighted by molar-refractivity contribution is -0.130. The van der Waals surface area contributed by atoms with Crippen molar-refractivity contribution in [2.24, 2.45) is 0 Å². The maximum atomic E-state index is 12.7. The first kappa shape index (κ1) is 18.8. The van der Waals surface area contributed by atoms with Gasteiger partial charge in [0.05, 0.1) is 0 Å². The van der Waals surface area contributed by atoms with E-state index < -0.39 is 0 Å². The largest absolute Gasteiger partial charge is 0.423 e. The van der Waals surface area contributed by atoms with Crippen molar-refractivity contribution < 1.29 is 9.53 Å². The quantitative estimate of drug-likeness (QED) is 0.492. The molecule has 1 aromatic carbocycles. The van der Waals surface area contributed by atoms with Crippen LogP contribution >= 0.6 is 0 Å². The minimum Gasteiger partial charge on any atom is -0.423 e. The van der Waals surface area contributed by atoms with Gasteiger partial charge in [-0.25, -0.2) is 4.79 Å². The third kappa shape index (κ3) is 4.28. The SMILES string of the molecule is Cc1cc(C(C)(C)C)c(OC(=O)C2=CCCCC2)c(C(C)(C)C)c1. The monoisotopic (exact) mass is 328 g/mol. The van der Waals surface area contributed by atoms with Crippen LogP contribution in [0.1, 0.15) is 83.9 Å². The van der Waals surface area contributed by atoms with Crippen molar-refractivity contribution in [1.82, 2.24) is 0 Å². The van der Waals surface area contributed by atoms with E-state index in [2.05, 4.69) is 60.6 Å². The van der Waals surface area contributed by atoms with E-state index in [1.807, 2.05) is 6.08 Å². The van der Waals surface area contributed by atoms with Crippen LogP contribution in [-0.2, 0) is 15.6 Å². The van der Waals surface area contributed by atoms with Crippen LogP contribution in [0.15, 0.2) is 23.8 Å². The molecule has 0 radical (unpaired) electrons. The van der Waals surface area contributed by atoms with Crippen LogP contribution in [0.25, 0.3) is 0 Å². The van der Waals surface area contributed by atoms with Gasteiger partial charge in [-0.15, -0.1) is 0 Å². The van der Waals surface area contributed by atoms with E-state index in [1.165, 1.54) is 12.0 Å². The second-order valence-corrected chi connectivity index (χ2v) is 9.05. The van der Waals surface area contributed by atoms with Gasteiger partial charge in [0, 0.05) is 16.7 Å². The number of allylic oxidation sites excluding steroid dienone is 1. The van der Waals surface area contributed by atoms with Gasteiger partial charge in [0.15, 0.2) is 0 Å². The van der Waals surface area contributed by atoms with Crippen molar-refractivity contribution in [2.45, 2.75) is 85.0 Å². The predicted molar refractivity (Wildman–Crippen MR) is 101 cm³/mol. The molecule has 0 amide bonds. The Kier molecular flexibility index (Phi) is 5.27. The summed E-state index contributed by atoms with van der Waals surface area (Å²) >= 11 is 0. The predicted octanol–water partition coefficient (Wildman–Crippen LogP) is 6.00. The van der Waals surface area contributed by atoms with Gasteiger partial charge >= 0.3 is 5.97 Å². The Hall–Kier alpha value is -1.57. The molecule has 2 rings (SSSR count). The Morgan fingerprint density at radius 3 is 1.92 bits per heavy atom. The van der Waals surface area contributed by atoms with E-state index in [0.29, 0.717) is 0 Å². The molecule has 24 heavy (non-hydrogen) atoms. The zero-order valence-electron chi connectivity index (χ0n) is 16.4. The number of carbonyl (C=O) groups is 1. The Morgan fingerprint density at radius 1 is 0.958 bits per heavy atom. The lowest BCUT2D eigenvalue weighted by atomic mass is 9.78. The Morgan fingerprint density at radius 2 is 1.50 bits per heavy atom. The van der Waals surface area contributed by atoms with E-state index in [-0.39, 0.29) is 16.8 Å². The molecular weight excluding hydrogens is 296 g/mol. The number of rotatable bonds is 2. The molecule has 2 nitrogen and oxygen atoms in total. The molecule has 0 unspecified atom stereocenters. The van der Waals surface area contributed by atoms with E-state index in [0.717, 1.165) is 41.7 Å². The molecule has 1 aromatic rings. The molecule has 1 aliphatic carbocycles. The van der Waals surface area contributed by atoms with Crippen LogP contribution < -0.4 is 4.74 Å². The van der Waals surface area contributed by atoms with Gasteiger partial charge < -0.3 is 4.74 Å². The van der Waals surface area contributed by atoms with E-state index in [9.17, 15) is 4.79 Å². The molecule has 0 aromatic heterocycles. The Labute approximate surface area is 147 Å². The van der Waals surface area contributed by atoms with Gasteiger partial charge in [0.25, 0.3) is 0 Å². The third-order valence-corrected chi connectivity index (χ3v) is 4.60. The first-order valence-corrected chi connectivity index (χ1v) is 9.07. The lowest BCUT2D eigenvalue weighted by Gasteiger charge is -2.30. The van der Waals surface area contributed by atoms with E-state index in [4.69, 9.17) is 4.74 Å². The number of benzene rings is 1. The van der Waals surface area contributed by atoms with Crippen LogP contribution in [0.4, 0.5) is 0 Å². The molecule has 0 saturated heterocycles. The summed E-state index contributed by atoms with van der Waals surface area (Å²) in [5.74, 6) is 0.589. The van der Waals surface area contributed by atoms with Crippen molar-refractivity contribution in [3.63, 3.8) is 0 Å². The zero-order valence-corrected chi connectivity index (χ0v) is 16.4. The first-order valence-electron chi connectivity index (χ1n) is 9.07. The number of esters is 1. The summed E-state index contributed by atoms with van der Waals surface area (Å²) in [7, 11) is 0. The number of carbonyl (C=O) groups excluding carboxylic acids is 1. The van der Waals surface area contributed by atoms with Gasteiger partial charge in [0.1, 0.15) is 5.75 Å². The fourth-order valence-corrected chi connectivity index (χ4v) is 3.18. The van der Waals surface area contributed by atoms with Crippen LogP contribution in [0.5, 0.6) is 5.75 Å². The number of hydrogen-bond acceptors (Lipinski definition) is 2. The van der Waals surface area contributed by atoms with Crippen molar-refractivity contribution in [3.8, 4) is 5.75 Å². The van der Waals surface area contributed by atoms with Crippen molar-refractivity contribution in [2.75, 3.05) is 0 Å². The minimum absolute atomic E-state index is 0.0808. The fraction of sp³-hybridized carbons (Fsp3) is 0.591. The van der Waals surface area contributed by atoms with Gasteiger partial charge in [-0.3, -0.25) is 0 Å². The average molecular weight is 328 g/mol. The molecule has 132 valence electrons. The molecule has 0 saturated carbocycles. The first-order chi connectivity index (χ1) is 11.0. The molecule has 0 N–H and O–H groups in total. The summed E-state index contributed by atoms with van der Waals surface area (Å²) in [6.45, 7) is 15.1. The number of ether oxygens (including phenoxy) is 1. The van der Waals surface area contributed by atoms with E-state index in [1.54, 1.807) is 0 Å². The topological polar surface area (TPSA) is 26.3 Å². The summed E-state index contributed by atoms with van der Waals surface area (Å²) in [4.78, 5) is 12.7. The highest BCUT2D eigenvalue weighted by Gasteiger charge is 2.29. The summed E-state index contributed by atoms with van der Waals surface area (Å²) in [6.07, 6.45) is 6.11. The molecular formula is C22H32O2. The second-order valence-electron chi connectivity index (χ2n) is 9.05. The van der Waals surface area contributed by atoms with E-state index >= 15 is 0 Å². The molecule has 0 aliphatic heterocycles. The van der Waals surface area contributed by atoms with Crippen molar-refractivity contribution in [1.29, 1.82) is 0 Å². The van der Waals surface area contributed by atoms with Crippen LogP contribution in [0, 0.1) is 6.92 Å². The molecule has 0 heterocycles. The Bertz CT molecular complexity index is 617. The van der Waals surface area contributed by atoms with Gasteiger partial charge in [-0.2, -0.15) is 0 Å². The molecule has 2 heteroatoms. The summed E-state index contributed by atoms with van der Waals surface area (Å²) in [5, 5.41) is 0. The maximum absolute atomic E-state index is 12.7. The average Bonchev–Trinajstić information content (AvgIpc) is 2.47. The second kappa shape index (κ2) is 6.74. The van der Waals surface area contributed by atoms with Gasteiger partial charge in [-0.05, 0) is 43.4 Å². The number of hydrogen-bond donors (Lipinski definition) is 0. The fourth-order valence-electron chi connectivity index (χ4n) is 3.18. The normalized spacial score (nSPS) is 15.9. The molecule has 0 fully saturated rings. The molecule has 0 bridgehead atoms. The van der Waals surface area contributed by atoms with Crippen LogP contribution in [0.2, 0.25) is 0 Å². The summed E-state index contributed by atoms with van der Waals surface area (Å²) < 4.78 is 6.02. The standard InChI is InChI=1S/C22H32O2/c1-15-13-17(21(2,3)4)19(18(14-15)22(5,6)7)24-20(23)16-11-9-8-10-12-16/h11,13-14H,8-10,12H2,1-7H3. The number of aryl methyl sites for hydroxylation is 1. The van der Waals surface area contributed by atoms with Crippen LogP contribution in [-0.4, -0.2) is 5.97 Å². The zero-order chi connectivity index (χ0) is 18.1. The highest BCUT2D eigenvalue weighted by atomic mass is 16.5. The summed E-state index contributed by atoms with van der Waals surface area (Å²) in [5.41, 5.74) is 4.10. The molecule has 0 atom stereocenters. The van der Waals surface area contributed by atoms with Gasteiger partial charge in [-0.1, -0.05) is 65.3 Å². The highest BCUT2D eigenvalue weighted by Crippen LogP contribution is 2.41.